The first-order chi connectivity index (χ1) is 15.9. The monoisotopic (exact) mass is 446 g/mol. The van der Waals surface area contributed by atoms with Gasteiger partial charge in [-0.15, -0.1) is 0 Å². The lowest BCUT2D eigenvalue weighted by molar-refractivity contribution is -0.130. The molecule has 1 aromatic heterocycles. The Morgan fingerprint density at radius 1 is 1.15 bits per heavy atom. The fourth-order valence-electron chi connectivity index (χ4n) is 4.49. The number of carbonyl (C=O) groups excluding carboxylic acids is 2. The predicted octanol–water partition coefficient (Wildman–Crippen LogP) is 3.68. The highest BCUT2D eigenvalue weighted by atomic mass is 16.5. The van der Waals surface area contributed by atoms with Crippen LogP contribution in [0, 0.1) is 5.41 Å². The highest BCUT2D eigenvalue weighted by Crippen LogP contribution is 2.36. The van der Waals surface area contributed by atoms with E-state index in [9.17, 15) is 9.59 Å². The lowest BCUT2D eigenvalue weighted by Gasteiger charge is -2.29. The topological polar surface area (TPSA) is 87.3 Å². The molecule has 0 spiro atoms. The maximum Gasteiger partial charge on any atom is 0.271 e. The van der Waals surface area contributed by atoms with Crippen molar-refractivity contribution in [1.29, 1.82) is 0 Å². The molecule has 1 atom stereocenters. The zero-order valence-electron chi connectivity index (χ0n) is 19.3. The number of amides is 2. The molecule has 2 heterocycles. The number of likely N-dealkylation sites (tertiary alicyclic amines) is 1. The third-order valence-corrected chi connectivity index (χ3v) is 6.19. The van der Waals surface area contributed by atoms with E-state index in [4.69, 9.17) is 4.74 Å². The van der Waals surface area contributed by atoms with Crippen LogP contribution in [-0.4, -0.2) is 53.2 Å². The Hall–Kier alpha value is -3.61. The number of carbonyl (C=O) groups is 2. The van der Waals surface area contributed by atoms with Gasteiger partial charge < -0.3 is 15.0 Å². The largest absolute Gasteiger partial charge is 0.496 e. The van der Waals surface area contributed by atoms with Crippen molar-refractivity contribution >= 4 is 11.8 Å². The fourth-order valence-corrected chi connectivity index (χ4v) is 4.49. The second kappa shape index (κ2) is 9.48. The molecular formula is C26H30N4O3. The lowest BCUT2D eigenvalue weighted by Crippen LogP contribution is -2.47. The van der Waals surface area contributed by atoms with Crippen LogP contribution in [0.4, 0.5) is 0 Å². The number of nitrogens with zero attached hydrogens (tertiary/aromatic N) is 2. The zero-order valence-corrected chi connectivity index (χ0v) is 19.3. The third kappa shape index (κ3) is 4.77. The molecule has 2 aromatic carbocycles. The lowest BCUT2D eigenvalue weighted by atomic mass is 9.79. The number of aromatic amines is 1. The van der Waals surface area contributed by atoms with Gasteiger partial charge in [0.25, 0.3) is 5.91 Å². The van der Waals surface area contributed by atoms with Crippen LogP contribution in [0.1, 0.15) is 36.3 Å². The number of methoxy groups -OCH3 is 1. The molecule has 33 heavy (non-hydrogen) atoms. The molecule has 1 aliphatic rings. The van der Waals surface area contributed by atoms with Crippen molar-refractivity contribution in [2.75, 3.05) is 20.2 Å². The Morgan fingerprint density at radius 2 is 1.91 bits per heavy atom. The smallest absolute Gasteiger partial charge is 0.271 e. The molecule has 0 aliphatic carbocycles. The summed E-state index contributed by atoms with van der Waals surface area (Å²) in [5.74, 6) is 0.686. The molecule has 7 nitrogen and oxygen atoms in total. The number of H-pyrrole nitrogens is 1. The van der Waals surface area contributed by atoms with Crippen molar-refractivity contribution in [1.82, 2.24) is 20.4 Å². The molecule has 0 saturated carbocycles. The van der Waals surface area contributed by atoms with E-state index in [0.717, 1.165) is 22.4 Å². The average molecular weight is 447 g/mol. The molecule has 1 aliphatic heterocycles. The van der Waals surface area contributed by atoms with Gasteiger partial charge >= 0.3 is 0 Å². The van der Waals surface area contributed by atoms with Crippen molar-refractivity contribution in [3.8, 4) is 16.9 Å². The van der Waals surface area contributed by atoms with Crippen LogP contribution < -0.4 is 10.1 Å². The Morgan fingerprint density at radius 3 is 2.58 bits per heavy atom. The highest BCUT2D eigenvalue weighted by Gasteiger charge is 2.46. The number of hydrogen-bond donors (Lipinski definition) is 2. The molecular weight excluding hydrogens is 416 g/mol. The molecule has 0 radical (unpaired) electrons. The standard InChI is InChI=1S/C26H30N4O3/c1-18(2)28-25(32)26(13-15-30(17-26)24(31)22-12-14-27-29-22)16-19-8-10-20(11-9-19)21-6-4-5-7-23(21)33-3/h4-12,14,18H,13,15-17H2,1-3H3,(H,27,29)(H,28,32). The maximum atomic E-state index is 13.3. The summed E-state index contributed by atoms with van der Waals surface area (Å²) in [6, 6.07) is 17.8. The summed E-state index contributed by atoms with van der Waals surface area (Å²) in [5, 5.41) is 9.69. The van der Waals surface area contributed by atoms with Gasteiger partial charge in [-0.05, 0) is 49.9 Å². The van der Waals surface area contributed by atoms with E-state index in [-0.39, 0.29) is 17.9 Å². The molecule has 7 heteroatoms. The first kappa shape index (κ1) is 22.6. The van der Waals surface area contributed by atoms with Gasteiger partial charge in [-0.25, -0.2) is 0 Å². The van der Waals surface area contributed by atoms with Gasteiger partial charge in [-0.1, -0.05) is 42.5 Å². The first-order valence-corrected chi connectivity index (χ1v) is 11.2. The quantitative estimate of drug-likeness (QED) is 0.580. The normalized spacial score (nSPS) is 17.9. The second-order valence-corrected chi connectivity index (χ2v) is 8.93. The molecule has 1 unspecified atom stereocenters. The van der Waals surface area contributed by atoms with Gasteiger partial charge in [0.2, 0.25) is 5.91 Å². The van der Waals surface area contributed by atoms with Crippen LogP contribution in [0.5, 0.6) is 5.75 Å². The van der Waals surface area contributed by atoms with E-state index in [1.54, 1.807) is 24.3 Å². The highest BCUT2D eigenvalue weighted by molar-refractivity contribution is 5.93. The van der Waals surface area contributed by atoms with Crippen LogP contribution in [0.3, 0.4) is 0 Å². The minimum absolute atomic E-state index is 0.00813. The summed E-state index contributed by atoms with van der Waals surface area (Å²) in [7, 11) is 1.67. The van der Waals surface area contributed by atoms with Crippen molar-refractivity contribution < 1.29 is 14.3 Å². The van der Waals surface area contributed by atoms with Crippen molar-refractivity contribution in [3.63, 3.8) is 0 Å². The van der Waals surface area contributed by atoms with Gasteiger partial charge in [0.15, 0.2) is 0 Å². The minimum atomic E-state index is -0.675. The van der Waals surface area contributed by atoms with Gasteiger partial charge in [-0.3, -0.25) is 14.7 Å². The minimum Gasteiger partial charge on any atom is -0.496 e. The van der Waals surface area contributed by atoms with E-state index in [1.807, 2.05) is 38.1 Å². The zero-order chi connectivity index (χ0) is 23.4. The van der Waals surface area contributed by atoms with E-state index >= 15 is 0 Å². The van der Waals surface area contributed by atoms with E-state index in [2.05, 4.69) is 39.8 Å². The molecule has 2 amide bonds. The molecule has 4 rings (SSSR count). The fraction of sp³-hybridized carbons (Fsp3) is 0.346. The summed E-state index contributed by atoms with van der Waals surface area (Å²) in [6.45, 7) is 4.81. The van der Waals surface area contributed by atoms with Gasteiger partial charge in [-0.2, -0.15) is 5.10 Å². The van der Waals surface area contributed by atoms with Crippen molar-refractivity contribution in [3.05, 3.63) is 72.1 Å². The summed E-state index contributed by atoms with van der Waals surface area (Å²) in [6.07, 6.45) is 2.73. The van der Waals surface area contributed by atoms with Crippen LogP contribution in [0.2, 0.25) is 0 Å². The summed E-state index contributed by atoms with van der Waals surface area (Å²) >= 11 is 0. The number of aromatic nitrogens is 2. The van der Waals surface area contributed by atoms with Crippen molar-refractivity contribution in [2.45, 2.75) is 32.7 Å². The predicted molar refractivity (Wildman–Crippen MR) is 127 cm³/mol. The number of hydrogen-bond acceptors (Lipinski definition) is 4. The maximum absolute atomic E-state index is 13.3. The summed E-state index contributed by atoms with van der Waals surface area (Å²) in [4.78, 5) is 27.9. The molecule has 1 saturated heterocycles. The third-order valence-electron chi connectivity index (χ3n) is 6.19. The number of ether oxygens (including phenoxy) is 1. The van der Waals surface area contributed by atoms with E-state index in [0.29, 0.717) is 31.6 Å². The van der Waals surface area contributed by atoms with Crippen molar-refractivity contribution in [2.24, 2.45) is 5.41 Å². The Balaban J connectivity index is 1.57. The number of benzene rings is 2. The van der Waals surface area contributed by atoms with Gasteiger partial charge in [0, 0.05) is 30.9 Å². The molecule has 0 bridgehead atoms. The van der Waals surface area contributed by atoms with Crippen LogP contribution in [-0.2, 0) is 11.2 Å². The number of nitrogens with one attached hydrogen (secondary N) is 2. The van der Waals surface area contributed by atoms with Crippen LogP contribution >= 0.6 is 0 Å². The van der Waals surface area contributed by atoms with E-state index in [1.165, 1.54) is 0 Å². The molecule has 2 N–H and O–H groups in total. The number of para-hydroxylation sites is 1. The van der Waals surface area contributed by atoms with Gasteiger partial charge in [0.05, 0.1) is 12.5 Å². The molecule has 172 valence electrons. The van der Waals surface area contributed by atoms with Gasteiger partial charge in [0.1, 0.15) is 11.4 Å². The number of rotatable bonds is 7. The van der Waals surface area contributed by atoms with Crippen LogP contribution in [0.25, 0.3) is 11.1 Å². The Kier molecular flexibility index (Phi) is 6.49. The van der Waals surface area contributed by atoms with Crippen LogP contribution in [0.15, 0.2) is 60.8 Å². The Bertz CT molecular complexity index is 1110. The first-order valence-electron chi connectivity index (χ1n) is 11.2. The van der Waals surface area contributed by atoms with E-state index < -0.39 is 5.41 Å². The second-order valence-electron chi connectivity index (χ2n) is 8.93. The molecule has 1 fully saturated rings. The molecule has 3 aromatic rings. The summed E-state index contributed by atoms with van der Waals surface area (Å²) < 4.78 is 5.49. The average Bonchev–Trinajstić information content (AvgIpc) is 3.50. The Labute approximate surface area is 194 Å². The SMILES string of the molecule is COc1ccccc1-c1ccc(CC2(C(=O)NC(C)C)CCN(C(=O)c3ccn[nH]3)C2)cc1. The summed E-state index contributed by atoms with van der Waals surface area (Å²) in [5.41, 5.74) is 2.90.